The monoisotopic (exact) mass is 693 g/mol. The molecule has 1 aliphatic rings. The second-order valence-electron chi connectivity index (χ2n) is 14.3. The smallest absolute Gasteiger partial charge is 0.165 e. The summed E-state index contributed by atoms with van der Waals surface area (Å²) in [6.45, 7) is 5.01. The van der Waals surface area contributed by atoms with Gasteiger partial charge >= 0.3 is 0 Å². The minimum atomic E-state index is -2.02. The average molecular weight is 694 g/mol. The molecule has 1 aromatic heterocycles. The van der Waals surface area contributed by atoms with Gasteiger partial charge in [0.2, 0.25) is 0 Å². The van der Waals surface area contributed by atoms with E-state index in [1.807, 2.05) is 24.3 Å². The zero-order valence-corrected chi connectivity index (χ0v) is 30.6. The number of aromatic nitrogens is 3. The van der Waals surface area contributed by atoms with Crippen LogP contribution in [0.5, 0.6) is 0 Å². The van der Waals surface area contributed by atoms with Crippen molar-refractivity contribution < 1.29 is 0 Å². The molecule has 0 saturated heterocycles. The highest BCUT2D eigenvalue weighted by Crippen LogP contribution is 2.45. The van der Waals surface area contributed by atoms with Crippen LogP contribution in [-0.2, 0) is 0 Å². The molecule has 8 aromatic carbocycles. The molecule has 3 nitrogen and oxygen atoms in total. The predicted molar refractivity (Wildman–Crippen MR) is 224 cm³/mol. The molecule has 10 rings (SSSR count). The molecule has 0 saturated carbocycles. The second-order valence-corrected chi connectivity index (χ2v) is 18.6. The van der Waals surface area contributed by atoms with Gasteiger partial charge in [-0.05, 0) is 65.3 Å². The molecule has 0 spiro atoms. The van der Waals surface area contributed by atoms with Crippen molar-refractivity contribution in [3.05, 3.63) is 176 Å². The van der Waals surface area contributed by atoms with Crippen molar-refractivity contribution in [1.29, 1.82) is 0 Å². The molecule has 0 N–H and O–H groups in total. The lowest BCUT2D eigenvalue weighted by atomic mass is 9.87. The highest BCUT2D eigenvalue weighted by atomic mass is 28.3. The molecule has 0 radical (unpaired) electrons. The van der Waals surface area contributed by atoms with Gasteiger partial charge in [0.15, 0.2) is 17.5 Å². The van der Waals surface area contributed by atoms with E-state index in [2.05, 4.69) is 165 Å². The van der Waals surface area contributed by atoms with Gasteiger partial charge in [-0.1, -0.05) is 189 Å². The lowest BCUT2D eigenvalue weighted by Crippen LogP contribution is -2.50. The molecule has 2 heterocycles. The minimum Gasteiger partial charge on any atom is -0.208 e. The fourth-order valence-corrected chi connectivity index (χ4v) is 12.0. The molecular formula is C49H35N3Si. The Bertz CT molecular complexity index is 2810. The van der Waals surface area contributed by atoms with E-state index in [0.717, 1.165) is 38.6 Å². The van der Waals surface area contributed by atoms with E-state index < -0.39 is 8.07 Å². The number of nitrogens with zero attached hydrogens (tertiary/aromatic N) is 3. The van der Waals surface area contributed by atoms with Crippen LogP contribution in [0.2, 0.25) is 13.1 Å². The Balaban J connectivity index is 1.28. The average Bonchev–Trinajstić information content (AvgIpc) is 3.46. The Morgan fingerprint density at radius 1 is 0.321 bits per heavy atom. The third kappa shape index (κ3) is 4.98. The van der Waals surface area contributed by atoms with Crippen molar-refractivity contribution in [2.24, 2.45) is 0 Å². The molecule has 0 amide bonds. The maximum absolute atomic E-state index is 5.38. The standard InChI is InChI=1S/C49H35N3Si/c1-53(2)43-31-16-15-23-35(43)40-29-17-30-42(46(40)53)44-36-24-10-12-26-38(36)45(39-27-13-11-25-37(39)44)49-51-47(33-20-7-4-8-21-33)50-48(52-49)41-28-14-9-22-34(41)32-18-5-3-6-19-32/h3-31H,1-2H3. The second kappa shape index (κ2) is 12.3. The first kappa shape index (κ1) is 31.3. The first-order valence-corrected chi connectivity index (χ1v) is 21.2. The molecule has 9 aromatic rings. The first-order valence-electron chi connectivity index (χ1n) is 18.2. The lowest BCUT2D eigenvalue weighted by molar-refractivity contribution is 1.08. The van der Waals surface area contributed by atoms with Crippen LogP contribution < -0.4 is 10.4 Å². The molecule has 4 heteroatoms. The topological polar surface area (TPSA) is 38.7 Å². The highest BCUT2D eigenvalue weighted by molar-refractivity contribution is 7.04. The Labute approximate surface area is 310 Å². The molecule has 250 valence electrons. The predicted octanol–water partition coefficient (Wildman–Crippen LogP) is 11.3. The zero-order chi connectivity index (χ0) is 35.5. The van der Waals surface area contributed by atoms with Gasteiger partial charge in [-0.15, -0.1) is 0 Å². The fraction of sp³-hybridized carbons (Fsp3) is 0.0408. The van der Waals surface area contributed by atoms with Crippen molar-refractivity contribution in [1.82, 2.24) is 15.0 Å². The quantitative estimate of drug-likeness (QED) is 0.133. The molecule has 0 atom stereocenters. The summed E-state index contributed by atoms with van der Waals surface area (Å²) in [6.07, 6.45) is 0. The maximum atomic E-state index is 5.38. The normalized spacial score (nSPS) is 12.9. The van der Waals surface area contributed by atoms with E-state index in [4.69, 9.17) is 15.0 Å². The Morgan fingerprint density at radius 2 is 0.774 bits per heavy atom. The Morgan fingerprint density at radius 3 is 1.43 bits per heavy atom. The third-order valence-corrected chi connectivity index (χ3v) is 14.5. The lowest BCUT2D eigenvalue weighted by Gasteiger charge is -2.24. The number of hydrogen-bond donors (Lipinski definition) is 0. The van der Waals surface area contributed by atoms with Crippen molar-refractivity contribution >= 4 is 40.0 Å². The van der Waals surface area contributed by atoms with Gasteiger partial charge in [-0.3, -0.25) is 0 Å². The van der Waals surface area contributed by atoms with Crippen LogP contribution >= 0.6 is 0 Å². The van der Waals surface area contributed by atoms with Crippen molar-refractivity contribution in [3.8, 4) is 67.5 Å². The Hall–Kier alpha value is -6.49. The van der Waals surface area contributed by atoms with Gasteiger partial charge in [0, 0.05) is 16.7 Å². The maximum Gasteiger partial charge on any atom is 0.165 e. The first-order chi connectivity index (χ1) is 26.1. The van der Waals surface area contributed by atoms with E-state index in [-0.39, 0.29) is 0 Å². The number of hydrogen-bond acceptors (Lipinski definition) is 3. The van der Waals surface area contributed by atoms with Gasteiger partial charge in [-0.2, -0.15) is 0 Å². The summed E-state index contributed by atoms with van der Waals surface area (Å²) in [4.78, 5) is 15.8. The molecular weight excluding hydrogens is 659 g/mol. The van der Waals surface area contributed by atoms with Crippen molar-refractivity contribution in [3.63, 3.8) is 0 Å². The molecule has 1 aliphatic heterocycles. The molecule has 0 unspecified atom stereocenters. The van der Waals surface area contributed by atoms with Crippen LogP contribution in [0.3, 0.4) is 0 Å². The van der Waals surface area contributed by atoms with Gasteiger partial charge in [0.25, 0.3) is 0 Å². The largest absolute Gasteiger partial charge is 0.208 e. The fourth-order valence-electron chi connectivity index (χ4n) is 8.59. The SMILES string of the molecule is C[Si]1(C)c2ccccc2-c2cccc(-c3c4ccccc4c(-c4nc(-c5ccccc5)nc(-c5ccccc5-c5ccccc5)n4)c4ccccc34)c21. The number of fused-ring (bicyclic) bond motifs is 5. The van der Waals surface area contributed by atoms with Gasteiger partial charge in [0.05, 0.1) is 0 Å². The summed E-state index contributed by atoms with van der Waals surface area (Å²) in [5.41, 5.74) is 10.5. The van der Waals surface area contributed by atoms with E-state index >= 15 is 0 Å². The van der Waals surface area contributed by atoms with Gasteiger partial charge < -0.3 is 0 Å². The van der Waals surface area contributed by atoms with Crippen LogP contribution in [0.15, 0.2) is 176 Å². The van der Waals surface area contributed by atoms with Crippen LogP contribution in [-0.4, -0.2) is 23.0 Å². The molecule has 0 fully saturated rings. The zero-order valence-electron chi connectivity index (χ0n) is 29.6. The number of benzene rings is 8. The van der Waals surface area contributed by atoms with Crippen LogP contribution in [0.4, 0.5) is 0 Å². The van der Waals surface area contributed by atoms with Gasteiger partial charge in [-0.25, -0.2) is 15.0 Å². The molecule has 53 heavy (non-hydrogen) atoms. The highest BCUT2D eigenvalue weighted by Gasteiger charge is 2.39. The summed E-state index contributed by atoms with van der Waals surface area (Å²) in [7, 11) is -2.02. The summed E-state index contributed by atoms with van der Waals surface area (Å²) in [5.74, 6) is 1.96. The Kier molecular flexibility index (Phi) is 7.27. The summed E-state index contributed by atoms with van der Waals surface area (Å²) < 4.78 is 0. The van der Waals surface area contributed by atoms with Crippen LogP contribution in [0, 0.1) is 0 Å². The van der Waals surface area contributed by atoms with Crippen molar-refractivity contribution in [2.75, 3.05) is 0 Å². The third-order valence-electron chi connectivity index (χ3n) is 10.9. The van der Waals surface area contributed by atoms with Crippen LogP contribution in [0.1, 0.15) is 0 Å². The summed E-state index contributed by atoms with van der Waals surface area (Å²) in [5, 5.41) is 7.67. The minimum absolute atomic E-state index is 0.650. The molecule has 0 bridgehead atoms. The van der Waals surface area contributed by atoms with E-state index in [0.29, 0.717) is 17.5 Å². The summed E-state index contributed by atoms with van der Waals surface area (Å²) >= 11 is 0. The molecule has 0 aliphatic carbocycles. The van der Waals surface area contributed by atoms with Crippen molar-refractivity contribution in [2.45, 2.75) is 13.1 Å². The van der Waals surface area contributed by atoms with E-state index in [1.54, 1.807) is 0 Å². The number of rotatable bonds is 5. The van der Waals surface area contributed by atoms with Gasteiger partial charge in [0.1, 0.15) is 8.07 Å². The van der Waals surface area contributed by atoms with E-state index in [9.17, 15) is 0 Å². The van der Waals surface area contributed by atoms with E-state index in [1.165, 1.54) is 43.4 Å². The van der Waals surface area contributed by atoms with Crippen LogP contribution in [0.25, 0.3) is 89.1 Å². The summed E-state index contributed by atoms with van der Waals surface area (Å²) in [6, 6.07) is 62.7.